The summed E-state index contributed by atoms with van der Waals surface area (Å²) in [6, 6.07) is 0. The molecule has 1 amide bonds. The first-order valence-electron chi connectivity index (χ1n) is 6.40. The van der Waals surface area contributed by atoms with E-state index in [-0.39, 0.29) is 5.97 Å². The monoisotopic (exact) mass is 307 g/mol. The Labute approximate surface area is 125 Å². The van der Waals surface area contributed by atoms with Gasteiger partial charge in [0.1, 0.15) is 0 Å². The highest BCUT2D eigenvalue weighted by Gasteiger charge is 2.11. The normalized spacial score (nSPS) is 10.8. The van der Waals surface area contributed by atoms with Crippen LogP contribution in [-0.4, -0.2) is 53.7 Å². The van der Waals surface area contributed by atoms with Gasteiger partial charge in [-0.3, -0.25) is 4.79 Å². The van der Waals surface area contributed by atoms with Crippen molar-refractivity contribution >= 4 is 24.5 Å². The van der Waals surface area contributed by atoms with Crippen LogP contribution in [0.4, 0.5) is 0 Å². The number of carbonyl (C=O) groups is 2. The molecule has 0 aliphatic carbocycles. The van der Waals surface area contributed by atoms with E-state index in [0.29, 0.717) is 24.5 Å². The summed E-state index contributed by atoms with van der Waals surface area (Å²) < 4.78 is 4.81. The summed E-state index contributed by atoms with van der Waals surface area (Å²) in [7, 11) is 0. The first-order valence-corrected chi connectivity index (χ1v) is 7.04. The maximum Gasteiger partial charge on any atom is 0.333 e. The van der Waals surface area contributed by atoms with Crippen molar-refractivity contribution in [1.82, 2.24) is 5.32 Å². The Kier molecular flexibility index (Phi) is 15.3. The predicted molar refractivity (Wildman–Crippen MR) is 80.6 cm³/mol. The van der Waals surface area contributed by atoms with Crippen molar-refractivity contribution in [3.63, 3.8) is 0 Å². The van der Waals surface area contributed by atoms with E-state index in [0.717, 1.165) is 12.8 Å². The van der Waals surface area contributed by atoms with Gasteiger partial charge in [-0.1, -0.05) is 19.9 Å². The van der Waals surface area contributed by atoms with Crippen molar-refractivity contribution < 1.29 is 24.5 Å². The number of aliphatic hydroxyl groups is 2. The molecule has 0 rings (SSSR count). The molecular formula is C13H25NO5S. The van der Waals surface area contributed by atoms with Gasteiger partial charge in [0, 0.05) is 17.9 Å². The number of thiol groups is 1. The Morgan fingerprint density at radius 3 is 2.45 bits per heavy atom. The number of ether oxygens (including phenoxy) is 1. The first kappa shape index (κ1) is 21.3. The number of carbonyl (C=O) groups excluding carboxylic acids is 2. The van der Waals surface area contributed by atoms with E-state index >= 15 is 0 Å². The molecule has 0 aliphatic rings. The van der Waals surface area contributed by atoms with Crippen LogP contribution in [0.1, 0.15) is 26.7 Å². The van der Waals surface area contributed by atoms with Crippen molar-refractivity contribution in [2.24, 2.45) is 0 Å². The molecule has 0 aromatic heterocycles. The van der Waals surface area contributed by atoms with Crippen LogP contribution in [0.2, 0.25) is 0 Å². The Bertz CT molecular complexity index is 296. The van der Waals surface area contributed by atoms with Gasteiger partial charge in [0.05, 0.1) is 13.2 Å². The molecule has 0 heterocycles. The van der Waals surface area contributed by atoms with Crippen LogP contribution < -0.4 is 5.32 Å². The number of aliphatic hydroxyl groups excluding tert-OH is 2. The van der Waals surface area contributed by atoms with E-state index in [1.54, 1.807) is 6.92 Å². The van der Waals surface area contributed by atoms with Gasteiger partial charge < -0.3 is 20.3 Å². The fourth-order valence-corrected chi connectivity index (χ4v) is 0.924. The van der Waals surface area contributed by atoms with E-state index in [4.69, 9.17) is 14.9 Å². The fourth-order valence-electron chi connectivity index (χ4n) is 0.812. The molecule has 0 saturated heterocycles. The summed E-state index contributed by atoms with van der Waals surface area (Å²) in [6.45, 7) is 7.53. The zero-order valence-electron chi connectivity index (χ0n) is 12.1. The first-order chi connectivity index (χ1) is 9.40. The van der Waals surface area contributed by atoms with E-state index < -0.39 is 18.6 Å². The minimum Gasteiger partial charge on any atom is -0.462 e. The molecule has 118 valence electrons. The highest BCUT2D eigenvalue weighted by atomic mass is 32.1. The standard InChI is InChI=1S/C8H14O2.C5H11NO3S/c1-4-5-6-10-8(9)7(2)3;7-3-4(8)5(9)6-1-2-10/h2,4-6H2,1,3H3;4,7-8,10H,1-3H2,(H,6,9). The Morgan fingerprint density at radius 2 is 2.05 bits per heavy atom. The van der Waals surface area contributed by atoms with Gasteiger partial charge in [-0.2, -0.15) is 12.6 Å². The van der Waals surface area contributed by atoms with Crippen LogP contribution in [0.3, 0.4) is 0 Å². The van der Waals surface area contributed by atoms with E-state index in [2.05, 4.69) is 31.4 Å². The smallest absolute Gasteiger partial charge is 0.333 e. The lowest BCUT2D eigenvalue weighted by molar-refractivity contribution is -0.139. The second-order valence-electron chi connectivity index (χ2n) is 3.98. The zero-order chi connectivity index (χ0) is 16.0. The van der Waals surface area contributed by atoms with Crippen molar-refractivity contribution in [3.8, 4) is 0 Å². The Balaban J connectivity index is 0. The van der Waals surface area contributed by atoms with Crippen LogP contribution in [-0.2, 0) is 14.3 Å². The number of amides is 1. The molecule has 0 aromatic carbocycles. The number of hydrogen-bond donors (Lipinski definition) is 4. The summed E-state index contributed by atoms with van der Waals surface area (Å²) in [5.41, 5.74) is 0.469. The number of nitrogens with one attached hydrogen (secondary N) is 1. The molecule has 0 fully saturated rings. The second kappa shape index (κ2) is 14.4. The van der Waals surface area contributed by atoms with Gasteiger partial charge in [0.25, 0.3) is 5.91 Å². The summed E-state index contributed by atoms with van der Waals surface area (Å²) in [5.74, 6) is -0.325. The third-order valence-corrected chi connectivity index (χ3v) is 2.19. The lowest BCUT2D eigenvalue weighted by Gasteiger charge is -2.06. The van der Waals surface area contributed by atoms with E-state index in [1.807, 2.05) is 0 Å². The summed E-state index contributed by atoms with van der Waals surface area (Å²) in [6.07, 6.45) is 0.669. The summed E-state index contributed by atoms with van der Waals surface area (Å²) >= 11 is 3.83. The average Bonchev–Trinajstić information content (AvgIpc) is 2.44. The van der Waals surface area contributed by atoms with Crippen molar-refractivity contribution in [1.29, 1.82) is 0 Å². The molecule has 1 unspecified atom stereocenters. The lowest BCUT2D eigenvalue weighted by Crippen LogP contribution is -2.37. The van der Waals surface area contributed by atoms with Crippen molar-refractivity contribution in [3.05, 3.63) is 12.2 Å². The molecule has 0 bridgehead atoms. The summed E-state index contributed by atoms with van der Waals surface area (Å²) in [4.78, 5) is 21.3. The van der Waals surface area contributed by atoms with E-state index in [9.17, 15) is 9.59 Å². The maximum absolute atomic E-state index is 10.7. The van der Waals surface area contributed by atoms with Crippen LogP contribution in [0.15, 0.2) is 12.2 Å². The van der Waals surface area contributed by atoms with Crippen molar-refractivity contribution in [2.45, 2.75) is 32.8 Å². The number of unbranched alkanes of at least 4 members (excludes halogenated alkanes) is 1. The van der Waals surface area contributed by atoms with Crippen LogP contribution in [0.5, 0.6) is 0 Å². The maximum atomic E-state index is 10.7. The molecule has 0 aliphatic heterocycles. The third kappa shape index (κ3) is 13.4. The molecule has 0 saturated carbocycles. The van der Waals surface area contributed by atoms with Crippen LogP contribution in [0, 0.1) is 0 Å². The molecule has 7 heteroatoms. The van der Waals surface area contributed by atoms with Gasteiger partial charge in [-0.15, -0.1) is 0 Å². The zero-order valence-corrected chi connectivity index (χ0v) is 13.0. The minimum atomic E-state index is -1.31. The fraction of sp³-hybridized carbons (Fsp3) is 0.692. The van der Waals surface area contributed by atoms with Gasteiger partial charge in [0.15, 0.2) is 6.10 Å². The lowest BCUT2D eigenvalue weighted by atomic mass is 10.3. The molecule has 0 aromatic rings. The SMILES string of the molecule is C=C(C)C(=O)OCCCC.O=C(NCCS)C(O)CO. The predicted octanol–water partition coefficient (Wildman–Crippen LogP) is 0.291. The summed E-state index contributed by atoms with van der Waals surface area (Å²) in [5, 5.41) is 19.3. The molecular weight excluding hydrogens is 282 g/mol. The Hall–Kier alpha value is -1.05. The molecule has 20 heavy (non-hydrogen) atoms. The topological polar surface area (TPSA) is 95.9 Å². The number of hydrogen-bond acceptors (Lipinski definition) is 6. The van der Waals surface area contributed by atoms with Gasteiger partial charge in [-0.25, -0.2) is 4.79 Å². The average molecular weight is 307 g/mol. The van der Waals surface area contributed by atoms with Gasteiger partial charge in [-0.05, 0) is 13.3 Å². The number of rotatable bonds is 8. The van der Waals surface area contributed by atoms with Crippen LogP contribution >= 0.6 is 12.6 Å². The van der Waals surface area contributed by atoms with Crippen LogP contribution in [0.25, 0.3) is 0 Å². The van der Waals surface area contributed by atoms with Crippen molar-refractivity contribution in [2.75, 3.05) is 25.5 Å². The molecule has 0 radical (unpaired) electrons. The highest BCUT2D eigenvalue weighted by Crippen LogP contribution is 1.94. The molecule has 6 nitrogen and oxygen atoms in total. The third-order valence-electron chi connectivity index (χ3n) is 1.97. The Morgan fingerprint density at radius 1 is 1.45 bits per heavy atom. The van der Waals surface area contributed by atoms with E-state index in [1.165, 1.54) is 0 Å². The largest absolute Gasteiger partial charge is 0.462 e. The quantitative estimate of drug-likeness (QED) is 0.224. The highest BCUT2D eigenvalue weighted by molar-refractivity contribution is 7.80. The molecule has 3 N–H and O–H groups in total. The van der Waals surface area contributed by atoms with Gasteiger partial charge in [0.2, 0.25) is 0 Å². The molecule has 0 spiro atoms. The minimum absolute atomic E-state index is 0.284. The second-order valence-corrected chi connectivity index (χ2v) is 4.43. The van der Waals surface area contributed by atoms with Gasteiger partial charge >= 0.3 is 5.97 Å². The number of esters is 1. The molecule has 1 atom stereocenters.